The number of rotatable bonds is 2. The van der Waals surface area contributed by atoms with Crippen molar-refractivity contribution in [2.24, 2.45) is 0 Å². The van der Waals surface area contributed by atoms with Gasteiger partial charge in [0.1, 0.15) is 6.04 Å². The Morgan fingerprint density at radius 1 is 1.79 bits per heavy atom. The Labute approximate surface area is 80.7 Å². The van der Waals surface area contributed by atoms with Crippen LogP contribution in [-0.4, -0.2) is 29.2 Å². The van der Waals surface area contributed by atoms with Gasteiger partial charge in [-0.3, -0.25) is 0 Å². The summed E-state index contributed by atoms with van der Waals surface area (Å²) >= 11 is 0. The topological polar surface area (TPSA) is 71.5 Å². The van der Waals surface area contributed by atoms with Gasteiger partial charge in [0.25, 0.3) is 0 Å². The van der Waals surface area contributed by atoms with Gasteiger partial charge in [0.2, 0.25) is 5.88 Å². The molecule has 0 bridgehead atoms. The van der Waals surface area contributed by atoms with E-state index in [1.165, 1.54) is 7.11 Å². The molecule has 1 aromatic heterocycles. The van der Waals surface area contributed by atoms with Crippen LogP contribution in [0.1, 0.15) is 5.56 Å². The third-order valence-electron chi connectivity index (χ3n) is 2.23. The van der Waals surface area contributed by atoms with Gasteiger partial charge in [0.15, 0.2) is 0 Å². The van der Waals surface area contributed by atoms with Crippen molar-refractivity contribution in [3.8, 4) is 5.88 Å². The normalized spacial score (nSPS) is 18.5. The molecule has 1 atom stereocenters. The molecule has 1 unspecified atom stereocenters. The van der Waals surface area contributed by atoms with Crippen LogP contribution in [0.3, 0.4) is 0 Å². The molecule has 2 heterocycles. The average Bonchev–Trinajstić information content (AvgIpc) is 2.59. The van der Waals surface area contributed by atoms with E-state index in [1.807, 2.05) is 0 Å². The summed E-state index contributed by atoms with van der Waals surface area (Å²) in [5.74, 6) is -0.336. The number of carbonyl (C=O) groups is 1. The number of carboxylic acid groups (broad SMARTS) is 1. The van der Waals surface area contributed by atoms with E-state index in [9.17, 15) is 4.79 Å². The number of ether oxygens (including phenoxy) is 1. The van der Waals surface area contributed by atoms with Crippen LogP contribution in [-0.2, 0) is 11.2 Å². The van der Waals surface area contributed by atoms with Gasteiger partial charge in [-0.2, -0.15) is 0 Å². The second kappa shape index (κ2) is 3.17. The molecule has 14 heavy (non-hydrogen) atoms. The van der Waals surface area contributed by atoms with Gasteiger partial charge in [-0.15, -0.1) is 0 Å². The Hall–Kier alpha value is -1.78. The number of fused-ring (bicyclic) bond motifs is 1. The zero-order valence-corrected chi connectivity index (χ0v) is 7.65. The molecule has 1 aromatic rings. The van der Waals surface area contributed by atoms with E-state index in [0.29, 0.717) is 12.3 Å². The van der Waals surface area contributed by atoms with Crippen molar-refractivity contribution in [3.05, 3.63) is 17.8 Å². The van der Waals surface area contributed by atoms with Crippen molar-refractivity contribution in [1.29, 1.82) is 0 Å². The lowest BCUT2D eigenvalue weighted by molar-refractivity contribution is -0.137. The van der Waals surface area contributed by atoms with E-state index in [1.54, 1.807) is 12.3 Å². The Balaban J connectivity index is 2.27. The molecule has 5 heteroatoms. The van der Waals surface area contributed by atoms with E-state index in [2.05, 4.69) is 10.3 Å². The molecule has 0 saturated carbocycles. The summed E-state index contributed by atoms with van der Waals surface area (Å²) in [5.41, 5.74) is 1.71. The number of hydrogen-bond donors (Lipinski definition) is 2. The van der Waals surface area contributed by atoms with E-state index in [-0.39, 0.29) is 0 Å². The quantitative estimate of drug-likeness (QED) is 0.717. The molecule has 2 N–H and O–H groups in total. The van der Waals surface area contributed by atoms with Gasteiger partial charge in [-0.25, -0.2) is 9.78 Å². The molecule has 1 aliphatic rings. The van der Waals surface area contributed by atoms with Crippen LogP contribution in [0.25, 0.3) is 0 Å². The van der Waals surface area contributed by atoms with Crippen LogP contribution in [0.15, 0.2) is 12.3 Å². The molecule has 1 aliphatic heterocycles. The molecular weight excluding hydrogens is 184 g/mol. The minimum absolute atomic E-state index is 0.476. The summed E-state index contributed by atoms with van der Waals surface area (Å²) < 4.78 is 4.95. The van der Waals surface area contributed by atoms with Gasteiger partial charge < -0.3 is 15.2 Å². The molecule has 74 valence electrons. The SMILES string of the molecule is COc1cc2c(cn1)NC(C(=O)O)C2. The fraction of sp³-hybridized carbons (Fsp3) is 0.333. The molecule has 5 nitrogen and oxygen atoms in total. The molecule has 0 amide bonds. The van der Waals surface area contributed by atoms with Crippen LogP contribution < -0.4 is 10.1 Å². The van der Waals surface area contributed by atoms with E-state index >= 15 is 0 Å². The second-order valence-corrected chi connectivity index (χ2v) is 3.12. The molecule has 0 radical (unpaired) electrons. The van der Waals surface area contributed by atoms with Crippen molar-refractivity contribution in [2.75, 3.05) is 12.4 Å². The first-order chi connectivity index (χ1) is 6.70. The fourth-order valence-electron chi connectivity index (χ4n) is 1.49. The first kappa shape index (κ1) is 8.80. The second-order valence-electron chi connectivity index (χ2n) is 3.12. The Morgan fingerprint density at radius 3 is 3.21 bits per heavy atom. The van der Waals surface area contributed by atoms with Gasteiger partial charge >= 0.3 is 5.97 Å². The maximum Gasteiger partial charge on any atom is 0.326 e. The average molecular weight is 194 g/mol. The number of hydrogen-bond acceptors (Lipinski definition) is 4. The van der Waals surface area contributed by atoms with Crippen LogP contribution in [0.2, 0.25) is 0 Å². The summed E-state index contributed by atoms with van der Waals surface area (Å²) in [6, 6.07) is 1.21. The number of methoxy groups -OCH3 is 1. The lowest BCUT2D eigenvalue weighted by Gasteiger charge is -2.03. The van der Waals surface area contributed by atoms with E-state index in [4.69, 9.17) is 9.84 Å². The summed E-state index contributed by atoms with van der Waals surface area (Å²) in [5, 5.41) is 11.7. The van der Waals surface area contributed by atoms with Crippen molar-refractivity contribution in [1.82, 2.24) is 4.98 Å². The van der Waals surface area contributed by atoms with E-state index < -0.39 is 12.0 Å². The van der Waals surface area contributed by atoms with Crippen LogP contribution in [0.4, 0.5) is 5.69 Å². The van der Waals surface area contributed by atoms with Gasteiger partial charge in [0.05, 0.1) is 19.0 Å². The predicted molar refractivity (Wildman–Crippen MR) is 49.5 cm³/mol. The number of aromatic nitrogens is 1. The highest BCUT2D eigenvalue weighted by atomic mass is 16.5. The highest BCUT2D eigenvalue weighted by Crippen LogP contribution is 2.27. The zero-order valence-electron chi connectivity index (χ0n) is 7.65. The van der Waals surface area contributed by atoms with Gasteiger partial charge in [0, 0.05) is 12.5 Å². The van der Waals surface area contributed by atoms with Crippen molar-refractivity contribution >= 4 is 11.7 Å². The third-order valence-corrected chi connectivity index (χ3v) is 2.23. The smallest absolute Gasteiger partial charge is 0.326 e. The van der Waals surface area contributed by atoms with Crippen molar-refractivity contribution in [3.63, 3.8) is 0 Å². The summed E-state index contributed by atoms with van der Waals surface area (Å²) in [6.07, 6.45) is 2.07. The van der Waals surface area contributed by atoms with Gasteiger partial charge in [-0.05, 0) is 5.56 Å². The van der Waals surface area contributed by atoms with Crippen LogP contribution in [0.5, 0.6) is 5.88 Å². The molecule has 0 aromatic carbocycles. The van der Waals surface area contributed by atoms with Crippen LogP contribution >= 0.6 is 0 Å². The Morgan fingerprint density at radius 2 is 2.57 bits per heavy atom. The molecule has 2 rings (SSSR count). The number of nitrogens with zero attached hydrogens (tertiary/aromatic N) is 1. The third kappa shape index (κ3) is 1.37. The number of anilines is 1. The highest BCUT2D eigenvalue weighted by molar-refractivity contribution is 5.81. The molecular formula is C9H10N2O3. The van der Waals surface area contributed by atoms with Gasteiger partial charge in [-0.1, -0.05) is 0 Å². The monoisotopic (exact) mass is 194 g/mol. The fourth-order valence-corrected chi connectivity index (χ4v) is 1.49. The number of nitrogens with one attached hydrogen (secondary N) is 1. The number of carboxylic acids is 1. The first-order valence-electron chi connectivity index (χ1n) is 4.23. The minimum atomic E-state index is -0.847. The van der Waals surface area contributed by atoms with Crippen molar-refractivity contribution < 1.29 is 14.6 Å². The highest BCUT2D eigenvalue weighted by Gasteiger charge is 2.26. The van der Waals surface area contributed by atoms with E-state index in [0.717, 1.165) is 11.3 Å². The molecule has 0 fully saturated rings. The lowest BCUT2D eigenvalue weighted by Crippen LogP contribution is -2.26. The van der Waals surface area contributed by atoms with Crippen molar-refractivity contribution in [2.45, 2.75) is 12.5 Å². The zero-order chi connectivity index (χ0) is 10.1. The maximum absolute atomic E-state index is 10.7. The first-order valence-corrected chi connectivity index (χ1v) is 4.23. The summed E-state index contributed by atoms with van der Waals surface area (Å²) in [4.78, 5) is 14.7. The molecule has 0 aliphatic carbocycles. The Kier molecular flexibility index (Phi) is 1.99. The number of aliphatic carboxylic acids is 1. The lowest BCUT2D eigenvalue weighted by atomic mass is 10.1. The molecule has 0 spiro atoms. The standard InChI is InChI=1S/C9H10N2O3/c1-14-8-3-5-2-6(9(12)13)11-7(5)4-10-8/h3-4,6,11H,2H2,1H3,(H,12,13). The number of pyridine rings is 1. The maximum atomic E-state index is 10.7. The predicted octanol–water partition coefficient (Wildman–Crippen LogP) is 0.511. The summed E-state index contributed by atoms with van der Waals surface area (Å²) in [6.45, 7) is 0. The van der Waals surface area contributed by atoms with Crippen LogP contribution in [0, 0.1) is 0 Å². The Bertz CT molecular complexity index is 378. The largest absolute Gasteiger partial charge is 0.481 e. The molecule has 0 saturated heterocycles. The summed E-state index contributed by atoms with van der Waals surface area (Å²) in [7, 11) is 1.53. The minimum Gasteiger partial charge on any atom is -0.481 e.